The number of nitrogens with zero attached hydrogens (tertiary/aromatic N) is 2. The molecule has 19 heavy (non-hydrogen) atoms. The Kier molecular flexibility index (Phi) is 4.92. The highest BCUT2D eigenvalue weighted by molar-refractivity contribution is 5.88. The van der Waals surface area contributed by atoms with Crippen molar-refractivity contribution in [3.05, 3.63) is 29.8 Å². The standard InChI is InChI=1S/C7H15N2.C7H6O3/c1-6-5-8(3)7(2)9(6)4;8-6-4-2-1-3-5(6)7(9)10/h6H,5H2,1-4H3;1-4,8H,(H,9,10)/q+1;/p-1. The summed E-state index contributed by atoms with van der Waals surface area (Å²) < 4.78 is 2.31. The molecule has 1 aromatic carbocycles. The summed E-state index contributed by atoms with van der Waals surface area (Å²) >= 11 is 0. The van der Waals surface area contributed by atoms with Gasteiger partial charge >= 0.3 is 0 Å². The van der Waals surface area contributed by atoms with E-state index >= 15 is 0 Å². The van der Waals surface area contributed by atoms with E-state index in [0.717, 1.165) is 0 Å². The van der Waals surface area contributed by atoms with E-state index in [1.165, 1.54) is 30.6 Å². The number of hydrogen-bond donors (Lipinski definition) is 1. The zero-order chi connectivity index (χ0) is 14.6. The average Bonchev–Trinajstić information content (AvgIpc) is 2.57. The van der Waals surface area contributed by atoms with Crippen LogP contribution in [-0.4, -0.2) is 53.1 Å². The molecule has 5 nitrogen and oxygen atoms in total. The van der Waals surface area contributed by atoms with Crippen LogP contribution in [0.2, 0.25) is 0 Å². The minimum Gasteiger partial charge on any atom is -0.545 e. The van der Waals surface area contributed by atoms with Crippen LogP contribution >= 0.6 is 0 Å². The van der Waals surface area contributed by atoms with Crippen LogP contribution in [-0.2, 0) is 0 Å². The van der Waals surface area contributed by atoms with Crippen molar-refractivity contribution < 1.29 is 19.6 Å². The van der Waals surface area contributed by atoms with Crippen molar-refractivity contribution in [2.45, 2.75) is 19.9 Å². The topological polar surface area (TPSA) is 66.6 Å². The summed E-state index contributed by atoms with van der Waals surface area (Å²) in [6.07, 6.45) is 0. The summed E-state index contributed by atoms with van der Waals surface area (Å²) in [5.74, 6) is -0.247. The summed E-state index contributed by atoms with van der Waals surface area (Å²) in [6.45, 7) is 5.57. The molecule has 1 N–H and O–H groups in total. The third kappa shape index (κ3) is 3.71. The first-order valence-corrected chi connectivity index (χ1v) is 6.11. The highest BCUT2D eigenvalue weighted by Crippen LogP contribution is 2.13. The minimum absolute atomic E-state index is 0.178. The van der Waals surface area contributed by atoms with Crippen molar-refractivity contribution in [3.63, 3.8) is 0 Å². The number of carboxylic acid groups (broad SMARTS) is 1. The Labute approximate surface area is 113 Å². The van der Waals surface area contributed by atoms with Gasteiger partial charge in [0.25, 0.3) is 0 Å². The van der Waals surface area contributed by atoms with E-state index in [-0.39, 0.29) is 11.3 Å². The molecule has 0 saturated heterocycles. The Hall–Kier alpha value is -2.04. The lowest BCUT2D eigenvalue weighted by atomic mass is 10.2. The first kappa shape index (κ1) is 15.0. The fraction of sp³-hybridized carbons (Fsp3) is 0.429. The van der Waals surface area contributed by atoms with Gasteiger partial charge in [-0.05, 0) is 19.1 Å². The fourth-order valence-electron chi connectivity index (χ4n) is 1.89. The maximum Gasteiger partial charge on any atom is 0.243 e. The summed E-state index contributed by atoms with van der Waals surface area (Å²) in [5, 5.41) is 19.0. The number of para-hydroxylation sites is 1. The molecule has 0 aromatic heterocycles. The van der Waals surface area contributed by atoms with Crippen LogP contribution in [0.15, 0.2) is 24.3 Å². The van der Waals surface area contributed by atoms with E-state index in [0.29, 0.717) is 6.04 Å². The maximum absolute atomic E-state index is 10.2. The number of amidine groups is 1. The quantitative estimate of drug-likeness (QED) is 0.733. The molecule has 0 saturated carbocycles. The van der Waals surface area contributed by atoms with Gasteiger partial charge in [-0.25, -0.2) is 0 Å². The third-order valence-corrected chi connectivity index (χ3v) is 3.39. The number of hydrogen-bond acceptors (Lipinski definition) is 4. The van der Waals surface area contributed by atoms with Crippen molar-refractivity contribution in [1.29, 1.82) is 0 Å². The molecule has 1 aromatic rings. The molecule has 1 aliphatic rings. The Morgan fingerprint density at radius 1 is 1.47 bits per heavy atom. The lowest BCUT2D eigenvalue weighted by Gasteiger charge is -2.02. The molecule has 0 radical (unpaired) electrons. The number of aromatic hydroxyl groups is 1. The van der Waals surface area contributed by atoms with Gasteiger partial charge in [0, 0.05) is 12.5 Å². The fourth-order valence-corrected chi connectivity index (χ4v) is 1.89. The summed E-state index contributed by atoms with van der Waals surface area (Å²) in [4.78, 5) is 12.4. The molecular weight excluding hydrogens is 244 g/mol. The Bertz CT molecular complexity index is 481. The van der Waals surface area contributed by atoms with Crippen molar-refractivity contribution in [1.82, 2.24) is 4.90 Å². The van der Waals surface area contributed by atoms with Gasteiger partial charge in [-0.15, -0.1) is 0 Å². The van der Waals surface area contributed by atoms with Crippen LogP contribution < -0.4 is 5.11 Å². The number of carboxylic acids is 1. The molecule has 0 amide bonds. The zero-order valence-corrected chi connectivity index (χ0v) is 11.8. The first-order valence-electron chi connectivity index (χ1n) is 6.11. The molecule has 1 atom stereocenters. The van der Waals surface area contributed by atoms with Crippen LogP contribution in [0.5, 0.6) is 5.75 Å². The van der Waals surface area contributed by atoms with Gasteiger partial charge in [0.15, 0.2) is 0 Å². The molecule has 1 unspecified atom stereocenters. The number of likely N-dealkylation sites (N-methyl/N-ethyl adjacent to an activating group) is 2. The van der Waals surface area contributed by atoms with Crippen LogP contribution in [0, 0.1) is 0 Å². The van der Waals surface area contributed by atoms with Crippen molar-refractivity contribution in [3.8, 4) is 5.75 Å². The average molecular weight is 264 g/mol. The van der Waals surface area contributed by atoms with E-state index in [9.17, 15) is 9.90 Å². The SMILES string of the molecule is CC1=[N+](C)C(C)CN1C.O=C([O-])c1ccccc1O. The van der Waals surface area contributed by atoms with Gasteiger partial charge in [0.2, 0.25) is 5.84 Å². The van der Waals surface area contributed by atoms with Crippen LogP contribution in [0.4, 0.5) is 0 Å². The maximum atomic E-state index is 10.2. The number of phenols is 1. The normalized spacial score (nSPS) is 18.1. The summed E-state index contributed by atoms with van der Waals surface area (Å²) in [5.41, 5.74) is -0.178. The number of benzene rings is 1. The molecular formula is C14H20N2O3. The predicted molar refractivity (Wildman–Crippen MR) is 71.4 cm³/mol. The van der Waals surface area contributed by atoms with Gasteiger partial charge in [-0.3, -0.25) is 9.48 Å². The predicted octanol–water partition coefficient (Wildman–Crippen LogP) is 0.137. The van der Waals surface area contributed by atoms with E-state index in [1.54, 1.807) is 6.07 Å². The molecule has 1 aliphatic heterocycles. The number of carbonyl (C=O) groups is 1. The minimum atomic E-state index is -1.36. The highest BCUT2D eigenvalue weighted by atomic mass is 16.4. The second-order valence-electron chi connectivity index (χ2n) is 4.69. The van der Waals surface area contributed by atoms with Gasteiger partial charge in [0.1, 0.15) is 18.3 Å². The van der Waals surface area contributed by atoms with Crippen molar-refractivity contribution >= 4 is 11.8 Å². The van der Waals surface area contributed by atoms with Crippen molar-refractivity contribution in [2.75, 3.05) is 20.6 Å². The lowest BCUT2D eigenvalue weighted by molar-refractivity contribution is -0.523. The molecule has 2 rings (SSSR count). The van der Waals surface area contributed by atoms with Crippen LogP contribution in [0.3, 0.4) is 0 Å². The summed E-state index contributed by atoms with van der Waals surface area (Å²) in [7, 11) is 4.28. The number of rotatable bonds is 1. The van der Waals surface area contributed by atoms with Crippen LogP contribution in [0.1, 0.15) is 24.2 Å². The van der Waals surface area contributed by atoms with Gasteiger partial charge < -0.3 is 15.0 Å². The monoisotopic (exact) mass is 264 g/mol. The first-order chi connectivity index (χ1) is 8.84. The van der Waals surface area contributed by atoms with E-state index < -0.39 is 5.97 Å². The molecule has 1 heterocycles. The second-order valence-corrected chi connectivity index (χ2v) is 4.69. The highest BCUT2D eigenvalue weighted by Gasteiger charge is 2.26. The number of aromatic carboxylic acids is 1. The van der Waals surface area contributed by atoms with Gasteiger partial charge in [0.05, 0.1) is 20.1 Å². The summed E-state index contributed by atoms with van der Waals surface area (Å²) in [6, 6.07) is 6.33. The van der Waals surface area contributed by atoms with Crippen LogP contribution in [0.25, 0.3) is 0 Å². The number of carbonyl (C=O) groups excluding carboxylic acids is 1. The Balaban J connectivity index is 0.000000191. The second kappa shape index (κ2) is 6.22. The Morgan fingerprint density at radius 2 is 2.05 bits per heavy atom. The van der Waals surface area contributed by atoms with Gasteiger partial charge in [-0.1, -0.05) is 12.1 Å². The zero-order valence-electron chi connectivity index (χ0n) is 11.8. The van der Waals surface area contributed by atoms with Gasteiger partial charge in [-0.2, -0.15) is 0 Å². The molecule has 0 aliphatic carbocycles. The van der Waals surface area contributed by atoms with E-state index in [1.807, 2.05) is 0 Å². The molecule has 5 heteroatoms. The molecule has 0 fully saturated rings. The van der Waals surface area contributed by atoms with Crippen molar-refractivity contribution in [2.24, 2.45) is 0 Å². The smallest absolute Gasteiger partial charge is 0.243 e. The molecule has 0 spiro atoms. The Morgan fingerprint density at radius 3 is 2.32 bits per heavy atom. The van der Waals surface area contributed by atoms with E-state index in [4.69, 9.17) is 5.11 Å². The molecule has 0 bridgehead atoms. The lowest BCUT2D eigenvalue weighted by Crippen LogP contribution is -2.22. The molecule has 104 valence electrons. The van der Waals surface area contributed by atoms with E-state index in [2.05, 4.69) is 37.4 Å². The third-order valence-electron chi connectivity index (χ3n) is 3.39. The largest absolute Gasteiger partial charge is 0.545 e.